The molecule has 0 aliphatic rings. The topological polar surface area (TPSA) is 52.0 Å². The van der Waals surface area contributed by atoms with Crippen LogP contribution in [0.4, 0.5) is 0 Å². The fraction of sp³-hybridized carbons (Fsp3) is 0.250. The summed E-state index contributed by atoms with van der Waals surface area (Å²) in [4.78, 5) is 0. The third-order valence-electron chi connectivity index (χ3n) is 1.04. The first-order valence-electron chi connectivity index (χ1n) is 3.23. The molecule has 0 aromatic carbocycles. The molecule has 0 bridgehead atoms. The van der Waals surface area contributed by atoms with Crippen LogP contribution in [0.2, 0.25) is 0 Å². The van der Waals surface area contributed by atoms with Crippen molar-refractivity contribution in [1.29, 1.82) is 0 Å². The Morgan fingerprint density at radius 1 is 1.40 bits per heavy atom. The van der Waals surface area contributed by atoms with Crippen LogP contribution in [0.1, 0.15) is 0 Å². The lowest BCUT2D eigenvalue weighted by atomic mass is 10.2. The molecule has 0 aromatic heterocycles. The Balaban J connectivity index is 3.94. The Morgan fingerprint density at radius 2 is 2.10 bits per heavy atom. The Labute approximate surface area is 61.9 Å². The molecule has 0 spiro atoms. The van der Waals surface area contributed by atoms with E-state index in [4.69, 9.17) is 11.5 Å². The van der Waals surface area contributed by atoms with E-state index in [0.717, 1.165) is 5.57 Å². The van der Waals surface area contributed by atoms with Crippen molar-refractivity contribution in [2.75, 3.05) is 13.1 Å². The largest absolute Gasteiger partial charge is 0.327 e. The molecule has 0 heterocycles. The van der Waals surface area contributed by atoms with E-state index in [2.05, 4.69) is 6.58 Å². The summed E-state index contributed by atoms with van der Waals surface area (Å²) in [7, 11) is 0. The average Bonchev–Trinajstić information content (AvgIpc) is 1.98. The Hall–Kier alpha value is -0.860. The summed E-state index contributed by atoms with van der Waals surface area (Å²) < 4.78 is 0. The monoisotopic (exact) mass is 138 g/mol. The van der Waals surface area contributed by atoms with Crippen molar-refractivity contribution in [3.05, 3.63) is 36.5 Å². The van der Waals surface area contributed by atoms with E-state index >= 15 is 0 Å². The van der Waals surface area contributed by atoms with Crippen LogP contribution in [-0.4, -0.2) is 13.1 Å². The predicted molar refractivity (Wildman–Crippen MR) is 45.5 cm³/mol. The van der Waals surface area contributed by atoms with Crippen LogP contribution in [0, 0.1) is 0 Å². The molecule has 4 N–H and O–H groups in total. The van der Waals surface area contributed by atoms with Gasteiger partial charge in [-0.2, -0.15) is 0 Å². The first kappa shape index (κ1) is 9.14. The molecule has 0 saturated carbocycles. The van der Waals surface area contributed by atoms with Crippen molar-refractivity contribution in [3.63, 3.8) is 0 Å². The minimum atomic E-state index is 0.530. The second kappa shape index (κ2) is 6.26. The molecule has 0 amide bonds. The highest BCUT2D eigenvalue weighted by atomic mass is 14.5. The second-order valence-electron chi connectivity index (χ2n) is 1.82. The zero-order chi connectivity index (χ0) is 7.82. The van der Waals surface area contributed by atoms with Gasteiger partial charge in [0.1, 0.15) is 0 Å². The number of nitrogens with two attached hydrogens (primary N) is 2. The van der Waals surface area contributed by atoms with Gasteiger partial charge in [-0.05, 0) is 5.57 Å². The molecule has 56 valence electrons. The summed E-state index contributed by atoms with van der Waals surface area (Å²) in [5.74, 6) is 0. The lowest BCUT2D eigenvalue weighted by molar-refractivity contribution is 1.17. The summed E-state index contributed by atoms with van der Waals surface area (Å²) in [6, 6.07) is 0. The minimum Gasteiger partial charge on any atom is -0.327 e. The smallest absolute Gasteiger partial charge is 0.0177 e. The Kier molecular flexibility index (Phi) is 5.72. The molecule has 0 aromatic rings. The summed E-state index contributed by atoms with van der Waals surface area (Å²) in [6.45, 7) is 4.64. The Bertz CT molecular complexity index is 145. The first-order chi connectivity index (χ1) is 4.85. The third-order valence-corrected chi connectivity index (χ3v) is 1.04. The predicted octanol–water partition coefficient (Wildman–Crippen LogP) is 0.572. The highest BCUT2D eigenvalue weighted by Crippen LogP contribution is 1.92. The zero-order valence-electron chi connectivity index (χ0n) is 6.09. The van der Waals surface area contributed by atoms with Gasteiger partial charge in [0.15, 0.2) is 0 Å². The number of hydrogen-bond donors (Lipinski definition) is 2. The van der Waals surface area contributed by atoms with Crippen molar-refractivity contribution in [1.82, 2.24) is 0 Å². The minimum absolute atomic E-state index is 0.530. The van der Waals surface area contributed by atoms with Crippen molar-refractivity contribution >= 4 is 0 Å². The van der Waals surface area contributed by atoms with Crippen LogP contribution in [0.3, 0.4) is 0 Å². The molecule has 10 heavy (non-hydrogen) atoms. The molecule has 0 atom stereocenters. The van der Waals surface area contributed by atoms with Gasteiger partial charge in [0.25, 0.3) is 0 Å². The van der Waals surface area contributed by atoms with Gasteiger partial charge in [-0.3, -0.25) is 0 Å². The fourth-order valence-electron chi connectivity index (χ4n) is 0.562. The molecule has 0 saturated heterocycles. The van der Waals surface area contributed by atoms with E-state index in [-0.39, 0.29) is 0 Å². The summed E-state index contributed by atoms with van der Waals surface area (Å²) in [5.41, 5.74) is 11.7. The van der Waals surface area contributed by atoms with Gasteiger partial charge in [0, 0.05) is 13.1 Å². The maximum Gasteiger partial charge on any atom is 0.0177 e. The first-order valence-corrected chi connectivity index (χ1v) is 3.23. The molecular formula is C8H14N2. The molecule has 0 rings (SSSR count). The van der Waals surface area contributed by atoms with Crippen LogP contribution in [0.15, 0.2) is 36.5 Å². The SMILES string of the molecule is C=C/C=C(\C=C/CN)CN. The van der Waals surface area contributed by atoms with Crippen molar-refractivity contribution in [2.45, 2.75) is 0 Å². The molecule has 0 radical (unpaired) electrons. The van der Waals surface area contributed by atoms with Gasteiger partial charge in [-0.15, -0.1) is 0 Å². The van der Waals surface area contributed by atoms with Crippen LogP contribution in [0.5, 0.6) is 0 Å². The molecule has 2 heteroatoms. The van der Waals surface area contributed by atoms with Gasteiger partial charge in [0.2, 0.25) is 0 Å². The molecule has 0 unspecified atom stereocenters. The zero-order valence-corrected chi connectivity index (χ0v) is 6.09. The van der Waals surface area contributed by atoms with Crippen LogP contribution < -0.4 is 11.5 Å². The molecule has 0 fully saturated rings. The van der Waals surface area contributed by atoms with E-state index in [1.54, 1.807) is 6.08 Å². The van der Waals surface area contributed by atoms with Crippen molar-refractivity contribution < 1.29 is 0 Å². The van der Waals surface area contributed by atoms with E-state index < -0.39 is 0 Å². The summed E-state index contributed by atoms with van der Waals surface area (Å²) in [6.07, 6.45) is 7.35. The maximum absolute atomic E-state index is 5.39. The van der Waals surface area contributed by atoms with Crippen LogP contribution in [0.25, 0.3) is 0 Å². The normalized spacial score (nSPS) is 12.4. The quantitative estimate of drug-likeness (QED) is 0.558. The van der Waals surface area contributed by atoms with E-state index in [1.165, 1.54) is 0 Å². The van der Waals surface area contributed by atoms with E-state index in [9.17, 15) is 0 Å². The fourth-order valence-corrected chi connectivity index (χ4v) is 0.562. The number of rotatable bonds is 4. The highest BCUT2D eigenvalue weighted by Gasteiger charge is 1.82. The molecule has 0 aliphatic heterocycles. The van der Waals surface area contributed by atoms with Crippen molar-refractivity contribution in [3.8, 4) is 0 Å². The number of hydrogen-bond acceptors (Lipinski definition) is 2. The lowest BCUT2D eigenvalue weighted by Crippen LogP contribution is -2.01. The van der Waals surface area contributed by atoms with Gasteiger partial charge >= 0.3 is 0 Å². The van der Waals surface area contributed by atoms with Crippen molar-refractivity contribution in [2.24, 2.45) is 11.5 Å². The van der Waals surface area contributed by atoms with E-state index in [1.807, 2.05) is 18.2 Å². The molecule has 0 aliphatic carbocycles. The van der Waals surface area contributed by atoms with Gasteiger partial charge in [-0.25, -0.2) is 0 Å². The number of allylic oxidation sites excluding steroid dienone is 2. The third kappa shape index (κ3) is 4.06. The molecular weight excluding hydrogens is 124 g/mol. The standard InChI is InChI=1S/C8H14N2/c1-2-4-8(7-10)5-3-6-9/h2-5H,1,6-7,9-10H2/b5-3-,8-4+. The van der Waals surface area contributed by atoms with Gasteiger partial charge < -0.3 is 11.5 Å². The van der Waals surface area contributed by atoms with E-state index in [0.29, 0.717) is 13.1 Å². The maximum atomic E-state index is 5.39. The lowest BCUT2D eigenvalue weighted by Gasteiger charge is -1.92. The summed E-state index contributed by atoms with van der Waals surface area (Å²) >= 11 is 0. The Morgan fingerprint density at radius 3 is 2.50 bits per heavy atom. The average molecular weight is 138 g/mol. The van der Waals surface area contributed by atoms with Gasteiger partial charge in [-0.1, -0.05) is 30.9 Å². The second-order valence-corrected chi connectivity index (χ2v) is 1.82. The highest BCUT2D eigenvalue weighted by molar-refractivity contribution is 5.23. The van der Waals surface area contributed by atoms with Gasteiger partial charge in [0.05, 0.1) is 0 Å². The van der Waals surface area contributed by atoms with Crippen LogP contribution >= 0.6 is 0 Å². The molecule has 2 nitrogen and oxygen atoms in total. The van der Waals surface area contributed by atoms with Crippen LogP contribution in [-0.2, 0) is 0 Å². The summed E-state index contributed by atoms with van der Waals surface area (Å²) in [5, 5.41) is 0.